The first-order valence-corrected chi connectivity index (χ1v) is 9.21. The molecule has 0 aromatic heterocycles. The van der Waals surface area contributed by atoms with Crippen LogP contribution >= 0.6 is 0 Å². The topological polar surface area (TPSA) is 75.0 Å². The van der Waals surface area contributed by atoms with Crippen molar-refractivity contribution in [3.63, 3.8) is 0 Å². The molecule has 1 N–H and O–H groups in total. The molecule has 3 rings (SSSR count). The second kappa shape index (κ2) is 7.73. The number of likely N-dealkylation sites (tertiary alicyclic amines) is 1. The molecule has 142 valence electrons. The third-order valence-corrected chi connectivity index (χ3v) is 5.97. The SMILES string of the molecule is COc1cc([C@H]2C3CCCCC3(O)CCN2CC#N)cc(OC)c1OC. The van der Waals surface area contributed by atoms with Crippen LogP contribution in [0, 0.1) is 17.2 Å². The molecule has 0 bridgehead atoms. The standard InChI is InChI=1S/C20H28N2O4/c1-24-16-12-14(13-17(25-2)19(16)26-3)18-15-6-4-5-7-20(15,23)8-10-22(18)11-9-21/h12-13,15,18,23H,4-8,10-11H2,1-3H3/t15?,18-,20?/m0/s1. The highest BCUT2D eigenvalue weighted by molar-refractivity contribution is 5.54. The normalized spacial score (nSPS) is 28.7. The van der Waals surface area contributed by atoms with E-state index in [9.17, 15) is 10.4 Å². The Labute approximate surface area is 155 Å². The van der Waals surface area contributed by atoms with E-state index in [0.717, 1.165) is 37.7 Å². The Balaban J connectivity index is 2.08. The van der Waals surface area contributed by atoms with Crippen molar-refractivity contribution >= 4 is 0 Å². The summed E-state index contributed by atoms with van der Waals surface area (Å²) < 4.78 is 16.5. The van der Waals surface area contributed by atoms with E-state index >= 15 is 0 Å². The number of rotatable bonds is 5. The lowest BCUT2D eigenvalue weighted by atomic mass is 9.66. The van der Waals surface area contributed by atoms with E-state index < -0.39 is 5.60 Å². The fourth-order valence-corrected chi connectivity index (χ4v) is 4.73. The molecule has 1 aromatic carbocycles. The number of hydrogen-bond acceptors (Lipinski definition) is 6. The zero-order chi connectivity index (χ0) is 18.7. The Morgan fingerprint density at radius 1 is 1.15 bits per heavy atom. The van der Waals surface area contributed by atoms with E-state index in [1.54, 1.807) is 21.3 Å². The molecule has 0 amide bonds. The van der Waals surface area contributed by atoms with Crippen molar-refractivity contribution < 1.29 is 19.3 Å². The third-order valence-electron chi connectivity index (χ3n) is 5.97. The molecule has 6 heteroatoms. The van der Waals surface area contributed by atoms with Crippen molar-refractivity contribution in [3.05, 3.63) is 17.7 Å². The van der Waals surface area contributed by atoms with Crippen molar-refractivity contribution in [2.75, 3.05) is 34.4 Å². The molecule has 0 radical (unpaired) electrons. The number of aliphatic hydroxyl groups is 1. The maximum atomic E-state index is 11.3. The van der Waals surface area contributed by atoms with Gasteiger partial charge in [-0.05, 0) is 37.0 Å². The van der Waals surface area contributed by atoms with Crippen LogP contribution in [0.5, 0.6) is 17.2 Å². The summed E-state index contributed by atoms with van der Waals surface area (Å²) in [6.07, 6.45) is 4.68. The van der Waals surface area contributed by atoms with Crippen molar-refractivity contribution in [2.45, 2.75) is 43.7 Å². The highest BCUT2D eigenvalue weighted by atomic mass is 16.5. The van der Waals surface area contributed by atoms with Crippen LogP contribution in [0.1, 0.15) is 43.7 Å². The van der Waals surface area contributed by atoms with Gasteiger partial charge in [-0.25, -0.2) is 0 Å². The zero-order valence-corrected chi connectivity index (χ0v) is 15.8. The summed E-state index contributed by atoms with van der Waals surface area (Å²) in [5.74, 6) is 1.86. The molecule has 6 nitrogen and oxygen atoms in total. The molecule has 2 unspecified atom stereocenters. The predicted octanol–water partition coefficient (Wildman–Crippen LogP) is 2.90. The second-order valence-corrected chi connectivity index (χ2v) is 7.24. The number of ether oxygens (including phenoxy) is 3. The summed E-state index contributed by atoms with van der Waals surface area (Å²) in [6.45, 7) is 1.05. The van der Waals surface area contributed by atoms with E-state index in [1.165, 1.54) is 0 Å². The first-order valence-electron chi connectivity index (χ1n) is 9.21. The molecule has 1 aliphatic carbocycles. The van der Waals surface area contributed by atoms with Gasteiger partial charge >= 0.3 is 0 Å². The van der Waals surface area contributed by atoms with Crippen molar-refractivity contribution in [1.82, 2.24) is 4.90 Å². The summed E-state index contributed by atoms with van der Waals surface area (Å²) in [5.41, 5.74) is 0.342. The summed E-state index contributed by atoms with van der Waals surface area (Å²) in [5, 5.41) is 20.6. The van der Waals surface area contributed by atoms with E-state index in [0.29, 0.717) is 30.3 Å². The Morgan fingerprint density at radius 3 is 2.42 bits per heavy atom. The van der Waals surface area contributed by atoms with Crippen LogP contribution in [-0.4, -0.2) is 50.0 Å². The molecular weight excluding hydrogens is 332 g/mol. The molecule has 0 spiro atoms. The molecule has 3 atom stereocenters. The van der Waals surface area contributed by atoms with Gasteiger partial charge < -0.3 is 19.3 Å². The minimum absolute atomic E-state index is 0.0394. The van der Waals surface area contributed by atoms with E-state index in [4.69, 9.17) is 14.2 Å². The largest absolute Gasteiger partial charge is 0.493 e. The predicted molar refractivity (Wildman–Crippen MR) is 97.5 cm³/mol. The van der Waals surface area contributed by atoms with Crippen LogP contribution < -0.4 is 14.2 Å². The fraction of sp³-hybridized carbons (Fsp3) is 0.650. The lowest BCUT2D eigenvalue weighted by Crippen LogP contribution is -2.54. The highest BCUT2D eigenvalue weighted by Crippen LogP contribution is 2.51. The molecule has 1 aliphatic heterocycles. The van der Waals surface area contributed by atoms with Gasteiger partial charge in [-0.3, -0.25) is 4.90 Å². The first-order chi connectivity index (χ1) is 12.6. The summed E-state index contributed by atoms with van der Waals surface area (Å²) in [4.78, 5) is 2.17. The third kappa shape index (κ3) is 3.22. The molecule has 2 aliphatic rings. The lowest BCUT2D eigenvalue weighted by molar-refractivity contribution is -0.121. The van der Waals surface area contributed by atoms with Gasteiger partial charge in [0.1, 0.15) is 0 Å². The van der Waals surface area contributed by atoms with Gasteiger partial charge in [0.15, 0.2) is 11.5 Å². The Kier molecular flexibility index (Phi) is 5.59. The molecule has 1 saturated heterocycles. The number of hydrogen-bond donors (Lipinski definition) is 1. The van der Waals surface area contributed by atoms with Gasteiger partial charge in [-0.15, -0.1) is 0 Å². The molecule has 2 fully saturated rings. The number of nitrogens with zero attached hydrogens (tertiary/aromatic N) is 2. The molecule has 1 heterocycles. The monoisotopic (exact) mass is 360 g/mol. The number of benzene rings is 1. The van der Waals surface area contributed by atoms with E-state index in [2.05, 4.69) is 11.0 Å². The number of piperidine rings is 1. The molecule has 1 aromatic rings. The number of nitriles is 1. The van der Waals surface area contributed by atoms with Crippen molar-refractivity contribution in [1.29, 1.82) is 5.26 Å². The smallest absolute Gasteiger partial charge is 0.203 e. The molecule has 26 heavy (non-hydrogen) atoms. The minimum Gasteiger partial charge on any atom is -0.493 e. The fourth-order valence-electron chi connectivity index (χ4n) is 4.73. The lowest BCUT2D eigenvalue weighted by Gasteiger charge is -2.52. The maximum absolute atomic E-state index is 11.3. The Hall–Kier alpha value is -1.97. The molecular formula is C20H28N2O4. The average molecular weight is 360 g/mol. The zero-order valence-electron chi connectivity index (χ0n) is 15.8. The highest BCUT2D eigenvalue weighted by Gasteiger charge is 2.49. The van der Waals surface area contributed by atoms with E-state index in [1.807, 2.05) is 12.1 Å². The summed E-state index contributed by atoms with van der Waals surface area (Å²) >= 11 is 0. The van der Waals surface area contributed by atoms with Gasteiger partial charge in [0.05, 0.1) is 39.5 Å². The van der Waals surface area contributed by atoms with Gasteiger partial charge in [-0.1, -0.05) is 12.8 Å². The van der Waals surface area contributed by atoms with Crippen molar-refractivity contribution in [2.24, 2.45) is 5.92 Å². The van der Waals surface area contributed by atoms with Crippen LogP contribution in [0.2, 0.25) is 0 Å². The quantitative estimate of drug-likeness (QED) is 0.814. The average Bonchev–Trinajstić information content (AvgIpc) is 2.66. The summed E-state index contributed by atoms with van der Waals surface area (Å²) in [6, 6.07) is 6.15. The Bertz CT molecular complexity index is 662. The van der Waals surface area contributed by atoms with Gasteiger partial charge in [0, 0.05) is 18.5 Å². The van der Waals surface area contributed by atoms with Crippen molar-refractivity contribution in [3.8, 4) is 23.3 Å². The van der Waals surface area contributed by atoms with Crippen LogP contribution in [0.25, 0.3) is 0 Å². The Morgan fingerprint density at radius 2 is 1.85 bits per heavy atom. The molecule has 1 saturated carbocycles. The number of methoxy groups -OCH3 is 3. The van der Waals surface area contributed by atoms with Crippen LogP contribution in [-0.2, 0) is 0 Å². The number of fused-ring (bicyclic) bond motifs is 1. The second-order valence-electron chi connectivity index (χ2n) is 7.24. The van der Waals surface area contributed by atoms with Gasteiger partial charge in [0.2, 0.25) is 5.75 Å². The van der Waals surface area contributed by atoms with Gasteiger partial charge in [-0.2, -0.15) is 5.26 Å². The van der Waals surface area contributed by atoms with E-state index in [-0.39, 0.29) is 12.0 Å². The summed E-state index contributed by atoms with van der Waals surface area (Å²) in [7, 11) is 4.79. The van der Waals surface area contributed by atoms with Crippen LogP contribution in [0.15, 0.2) is 12.1 Å². The van der Waals surface area contributed by atoms with Gasteiger partial charge in [0.25, 0.3) is 0 Å². The van der Waals surface area contributed by atoms with Crippen LogP contribution in [0.3, 0.4) is 0 Å². The van der Waals surface area contributed by atoms with Crippen LogP contribution in [0.4, 0.5) is 0 Å². The minimum atomic E-state index is -0.657. The maximum Gasteiger partial charge on any atom is 0.203 e. The first kappa shape index (κ1) is 18.8.